The molecule has 10 nitrogen and oxygen atoms in total. The van der Waals surface area contributed by atoms with Crippen LogP contribution in [0.4, 0.5) is 5.00 Å². The van der Waals surface area contributed by atoms with Crippen LogP contribution in [0.3, 0.4) is 0 Å². The molecule has 0 spiro atoms. The van der Waals surface area contributed by atoms with E-state index in [0.717, 1.165) is 16.2 Å². The van der Waals surface area contributed by atoms with E-state index in [0.29, 0.717) is 21.6 Å². The number of carboxylic acid groups (broad SMARTS) is 2. The number of carbonyl (C=O) groups excluding carboxylic acids is 3. The van der Waals surface area contributed by atoms with E-state index < -0.39 is 29.9 Å². The lowest BCUT2D eigenvalue weighted by Crippen LogP contribution is -2.47. The third-order valence-corrected chi connectivity index (χ3v) is 6.25. The van der Waals surface area contributed by atoms with E-state index in [4.69, 9.17) is 9.84 Å². The second-order valence-corrected chi connectivity index (χ2v) is 8.16. The van der Waals surface area contributed by atoms with Gasteiger partial charge in [0.15, 0.2) is 0 Å². The van der Waals surface area contributed by atoms with Crippen molar-refractivity contribution in [2.75, 3.05) is 11.9 Å². The molecular weight excluding hydrogens is 428 g/mol. The molecule has 3 heterocycles. The molecule has 1 unspecified atom stereocenters. The number of imide groups is 1. The molecule has 1 aromatic heterocycles. The molecule has 0 saturated heterocycles. The number of carbonyl (C=O) groups is 5. The topological polar surface area (TPSA) is 150 Å². The number of aliphatic carboxylic acids is 1. The molecule has 3 N–H and O–H groups in total. The summed E-state index contributed by atoms with van der Waals surface area (Å²) in [5, 5.41) is 20.4. The molecule has 160 valence electrons. The highest BCUT2D eigenvalue weighted by Gasteiger charge is 2.36. The van der Waals surface area contributed by atoms with E-state index in [9.17, 15) is 29.1 Å². The largest absolute Gasteiger partial charge is 0.478 e. The quantitative estimate of drug-likeness (QED) is 0.469. The fourth-order valence-corrected chi connectivity index (χ4v) is 4.84. The van der Waals surface area contributed by atoms with Crippen molar-refractivity contribution in [1.29, 1.82) is 0 Å². The van der Waals surface area contributed by atoms with Gasteiger partial charge in [0.25, 0.3) is 5.91 Å². The number of ether oxygens (including phenoxy) is 1. The number of benzene rings is 1. The molecule has 0 saturated carbocycles. The van der Waals surface area contributed by atoms with Crippen molar-refractivity contribution in [2.45, 2.75) is 25.6 Å². The Morgan fingerprint density at radius 3 is 2.65 bits per heavy atom. The smallest absolute Gasteiger partial charge is 0.394 e. The van der Waals surface area contributed by atoms with Gasteiger partial charge in [0, 0.05) is 16.9 Å². The molecule has 1 atom stereocenters. The van der Waals surface area contributed by atoms with Crippen LogP contribution in [0.25, 0.3) is 0 Å². The maximum absolute atomic E-state index is 12.8. The van der Waals surface area contributed by atoms with Crippen molar-refractivity contribution in [3.05, 3.63) is 51.4 Å². The van der Waals surface area contributed by atoms with E-state index in [1.54, 1.807) is 24.3 Å². The van der Waals surface area contributed by atoms with Crippen molar-refractivity contribution < 1.29 is 38.9 Å². The van der Waals surface area contributed by atoms with Crippen molar-refractivity contribution in [3.8, 4) is 0 Å². The lowest BCUT2D eigenvalue weighted by molar-refractivity contribution is -0.147. The molecule has 0 aliphatic carbocycles. The zero-order valence-corrected chi connectivity index (χ0v) is 16.7. The summed E-state index contributed by atoms with van der Waals surface area (Å²) in [5.74, 6) is -5.20. The van der Waals surface area contributed by atoms with Crippen LogP contribution in [0.15, 0.2) is 24.3 Å². The van der Waals surface area contributed by atoms with Crippen LogP contribution in [0.1, 0.15) is 36.7 Å². The maximum atomic E-state index is 12.8. The summed E-state index contributed by atoms with van der Waals surface area (Å²) < 4.78 is 5.73. The Kier molecular flexibility index (Phi) is 5.29. The van der Waals surface area contributed by atoms with Gasteiger partial charge in [0.05, 0.1) is 31.2 Å². The average Bonchev–Trinajstić information content (AvgIpc) is 3.08. The van der Waals surface area contributed by atoms with Gasteiger partial charge in [-0.3, -0.25) is 19.3 Å². The summed E-state index contributed by atoms with van der Waals surface area (Å²) in [6.45, 7) is -0.0299. The molecule has 1 aromatic carbocycles. The van der Waals surface area contributed by atoms with Gasteiger partial charge >= 0.3 is 17.8 Å². The van der Waals surface area contributed by atoms with Crippen LogP contribution in [0, 0.1) is 0 Å². The SMILES string of the molecule is O=C(O)C(=O)Nc1sc2c(c1C(=O)O)CC(CN1C(=O)Cc3ccccc3C1=O)OC2. The highest BCUT2D eigenvalue weighted by Crippen LogP contribution is 2.38. The number of amides is 3. The molecule has 31 heavy (non-hydrogen) atoms. The van der Waals surface area contributed by atoms with Gasteiger partial charge in [0.1, 0.15) is 5.00 Å². The summed E-state index contributed by atoms with van der Waals surface area (Å²) >= 11 is 0.927. The Morgan fingerprint density at radius 2 is 1.94 bits per heavy atom. The van der Waals surface area contributed by atoms with Gasteiger partial charge in [0.2, 0.25) is 5.91 Å². The molecule has 0 fully saturated rings. The molecule has 4 rings (SSSR count). The predicted molar refractivity (Wildman–Crippen MR) is 106 cm³/mol. The number of fused-ring (bicyclic) bond motifs is 2. The summed E-state index contributed by atoms with van der Waals surface area (Å²) in [6, 6.07) is 6.84. The van der Waals surface area contributed by atoms with E-state index in [1.165, 1.54) is 0 Å². The van der Waals surface area contributed by atoms with Gasteiger partial charge in [-0.2, -0.15) is 0 Å². The number of thiophene rings is 1. The second-order valence-electron chi connectivity index (χ2n) is 7.05. The van der Waals surface area contributed by atoms with Crippen LogP contribution in [0.2, 0.25) is 0 Å². The molecular formula is C20H16N2O8S. The standard InChI is InChI=1S/C20H16N2O8S/c23-14-5-9-3-1-2-4-11(9)18(25)22(14)7-10-6-12-13(8-30-10)31-17(15(12)19(26)27)21-16(24)20(28)29/h1-4,10H,5-8H2,(H,21,24)(H,26,27)(H,28,29). The van der Waals surface area contributed by atoms with Crippen LogP contribution in [-0.2, 0) is 38.6 Å². The summed E-state index contributed by atoms with van der Waals surface area (Å²) in [4.78, 5) is 61.0. The molecule has 3 amide bonds. The van der Waals surface area contributed by atoms with Gasteiger partial charge in [-0.1, -0.05) is 18.2 Å². The minimum Gasteiger partial charge on any atom is -0.478 e. The van der Waals surface area contributed by atoms with E-state index in [2.05, 4.69) is 5.32 Å². The van der Waals surface area contributed by atoms with Crippen molar-refractivity contribution in [2.24, 2.45) is 0 Å². The Bertz CT molecular complexity index is 1140. The van der Waals surface area contributed by atoms with Crippen LogP contribution >= 0.6 is 11.3 Å². The van der Waals surface area contributed by atoms with Gasteiger partial charge < -0.3 is 20.3 Å². The highest BCUT2D eigenvalue weighted by atomic mass is 32.1. The number of aromatic carboxylic acids is 1. The fourth-order valence-electron chi connectivity index (χ4n) is 3.70. The summed E-state index contributed by atoms with van der Waals surface area (Å²) in [5.41, 5.74) is 1.29. The zero-order valence-electron chi connectivity index (χ0n) is 15.9. The molecule has 11 heteroatoms. The Hall–Kier alpha value is -3.57. The van der Waals surface area contributed by atoms with Crippen molar-refractivity contribution in [1.82, 2.24) is 4.90 Å². The number of anilines is 1. The summed E-state index contributed by atoms with van der Waals surface area (Å²) in [7, 11) is 0. The molecule has 2 aliphatic rings. The van der Waals surface area contributed by atoms with Crippen molar-refractivity contribution in [3.63, 3.8) is 0 Å². The van der Waals surface area contributed by atoms with Gasteiger partial charge in [-0.25, -0.2) is 9.59 Å². The van der Waals surface area contributed by atoms with Gasteiger partial charge in [-0.05, 0) is 17.2 Å². The van der Waals surface area contributed by atoms with E-state index in [-0.39, 0.29) is 42.5 Å². The first-order valence-electron chi connectivity index (χ1n) is 9.22. The second kappa shape index (κ2) is 7.93. The minimum absolute atomic E-state index is 0.0146. The van der Waals surface area contributed by atoms with Crippen LogP contribution in [0.5, 0.6) is 0 Å². The predicted octanol–water partition coefficient (Wildman–Crippen LogP) is 1.14. The third-order valence-electron chi connectivity index (χ3n) is 5.13. The van der Waals surface area contributed by atoms with Crippen LogP contribution in [-0.4, -0.2) is 57.4 Å². The van der Waals surface area contributed by atoms with Crippen LogP contribution < -0.4 is 5.32 Å². The monoisotopic (exact) mass is 444 g/mol. The molecule has 0 bridgehead atoms. The first-order valence-corrected chi connectivity index (χ1v) is 10.0. The lowest BCUT2D eigenvalue weighted by Gasteiger charge is -2.32. The summed E-state index contributed by atoms with van der Waals surface area (Å²) in [6.07, 6.45) is -0.458. The Morgan fingerprint density at radius 1 is 1.19 bits per heavy atom. The minimum atomic E-state index is -1.74. The third kappa shape index (κ3) is 3.80. The number of carboxylic acids is 2. The Balaban J connectivity index is 1.56. The molecule has 2 aromatic rings. The number of nitrogens with zero attached hydrogens (tertiary/aromatic N) is 1. The zero-order chi connectivity index (χ0) is 22.3. The van der Waals surface area contributed by atoms with E-state index >= 15 is 0 Å². The maximum Gasteiger partial charge on any atom is 0.394 e. The van der Waals surface area contributed by atoms with Gasteiger partial charge in [-0.15, -0.1) is 11.3 Å². The normalized spacial score (nSPS) is 17.7. The number of rotatable bonds is 4. The molecule has 2 aliphatic heterocycles. The van der Waals surface area contributed by atoms with Crippen molar-refractivity contribution >= 4 is 46.0 Å². The average molecular weight is 444 g/mol. The first-order chi connectivity index (χ1) is 14.8. The Labute approximate surface area is 179 Å². The van der Waals surface area contributed by atoms with E-state index in [1.807, 2.05) is 0 Å². The lowest BCUT2D eigenvalue weighted by atomic mass is 9.96. The number of nitrogens with one attached hydrogen (secondary N) is 1. The number of hydrogen-bond donors (Lipinski definition) is 3. The first kappa shape index (κ1) is 20.7. The fraction of sp³-hybridized carbons (Fsp3) is 0.250. The molecule has 0 radical (unpaired) electrons. The number of hydrogen-bond acceptors (Lipinski definition) is 7. The highest BCUT2D eigenvalue weighted by molar-refractivity contribution is 7.17.